The van der Waals surface area contributed by atoms with Gasteiger partial charge in [0, 0.05) is 11.7 Å². The summed E-state index contributed by atoms with van der Waals surface area (Å²) < 4.78 is 2.13. The minimum atomic E-state index is -0.153. The second-order valence-corrected chi connectivity index (χ2v) is 4.79. The zero-order valence-electron chi connectivity index (χ0n) is 10.4. The number of amides is 1. The van der Waals surface area contributed by atoms with Crippen molar-refractivity contribution in [2.75, 3.05) is 0 Å². The van der Waals surface area contributed by atoms with Gasteiger partial charge < -0.3 is 4.57 Å². The van der Waals surface area contributed by atoms with E-state index in [0.29, 0.717) is 0 Å². The molecule has 0 saturated heterocycles. The minimum Gasteiger partial charge on any atom is -0.331 e. The number of nitrogens with zero attached hydrogens (tertiary/aromatic N) is 2. The van der Waals surface area contributed by atoms with Crippen molar-refractivity contribution in [2.24, 2.45) is 11.8 Å². The number of hydrazine groups is 1. The van der Waals surface area contributed by atoms with Crippen LogP contribution < -0.4 is 11.3 Å². The molecule has 1 aliphatic carbocycles. The summed E-state index contributed by atoms with van der Waals surface area (Å²) in [5, 5.41) is 0. The molecule has 94 valence electrons. The molecule has 0 saturated carbocycles. The summed E-state index contributed by atoms with van der Waals surface area (Å²) in [7, 11) is 0. The van der Waals surface area contributed by atoms with Crippen molar-refractivity contribution in [3.8, 4) is 0 Å². The van der Waals surface area contributed by atoms with Crippen molar-refractivity contribution < 1.29 is 4.79 Å². The average Bonchev–Trinajstić information content (AvgIpc) is 2.79. The summed E-state index contributed by atoms with van der Waals surface area (Å²) in [5.41, 5.74) is 4.70. The fourth-order valence-corrected chi connectivity index (χ4v) is 2.43. The van der Waals surface area contributed by atoms with Crippen molar-refractivity contribution in [1.82, 2.24) is 15.0 Å². The average molecular weight is 236 g/mol. The molecule has 5 nitrogen and oxygen atoms in total. The molecule has 1 heterocycles. The van der Waals surface area contributed by atoms with Crippen LogP contribution in [0.25, 0.3) is 0 Å². The molecule has 0 bridgehead atoms. The molecular formula is C12H20N4O. The van der Waals surface area contributed by atoms with E-state index < -0.39 is 0 Å². The smallest absolute Gasteiger partial charge is 0.238 e. The number of carbonyl (C=O) groups excluding carboxylic acids is 1. The molecule has 1 aliphatic rings. The molecule has 0 spiro atoms. The van der Waals surface area contributed by atoms with Crippen molar-refractivity contribution in [2.45, 2.75) is 45.6 Å². The highest BCUT2D eigenvalue weighted by molar-refractivity contribution is 5.78. The first-order chi connectivity index (χ1) is 8.15. The van der Waals surface area contributed by atoms with Crippen molar-refractivity contribution in [3.63, 3.8) is 0 Å². The lowest BCUT2D eigenvalue weighted by Gasteiger charge is -2.23. The van der Waals surface area contributed by atoms with Crippen LogP contribution in [0.5, 0.6) is 0 Å². The Balaban J connectivity index is 2.22. The first kappa shape index (κ1) is 12.1. The Labute approximate surface area is 101 Å². The summed E-state index contributed by atoms with van der Waals surface area (Å²) in [5.74, 6) is 4.90. The van der Waals surface area contributed by atoms with Crippen LogP contribution in [0.15, 0.2) is 6.33 Å². The maximum absolute atomic E-state index is 11.5. The number of fused-ring (bicyclic) bond motifs is 1. The summed E-state index contributed by atoms with van der Waals surface area (Å²) >= 11 is 0. The monoisotopic (exact) mass is 236 g/mol. The predicted molar refractivity (Wildman–Crippen MR) is 65.1 cm³/mol. The van der Waals surface area contributed by atoms with E-state index >= 15 is 0 Å². The highest BCUT2D eigenvalue weighted by atomic mass is 16.2. The van der Waals surface area contributed by atoms with E-state index in [0.717, 1.165) is 12.8 Å². The minimum absolute atomic E-state index is 0.0906. The summed E-state index contributed by atoms with van der Waals surface area (Å²) in [6.07, 6.45) is 6.42. The van der Waals surface area contributed by atoms with Crippen LogP contribution in [0.3, 0.4) is 0 Å². The van der Waals surface area contributed by atoms with Gasteiger partial charge >= 0.3 is 0 Å². The quantitative estimate of drug-likeness (QED) is 0.466. The third-order valence-corrected chi connectivity index (χ3v) is 3.78. The van der Waals surface area contributed by atoms with Crippen LogP contribution in [0.4, 0.5) is 0 Å². The molecule has 1 amide bonds. The largest absolute Gasteiger partial charge is 0.331 e. The number of nitrogens with two attached hydrogens (primary N) is 1. The molecule has 0 fully saturated rings. The van der Waals surface area contributed by atoms with Gasteiger partial charge in [-0.3, -0.25) is 10.2 Å². The van der Waals surface area contributed by atoms with E-state index in [-0.39, 0.29) is 17.9 Å². The Hall–Kier alpha value is -1.36. The number of hydrogen-bond donors (Lipinski definition) is 2. The van der Waals surface area contributed by atoms with Gasteiger partial charge in [0.1, 0.15) is 0 Å². The molecular weight excluding hydrogens is 216 g/mol. The van der Waals surface area contributed by atoms with E-state index in [4.69, 9.17) is 5.84 Å². The van der Waals surface area contributed by atoms with Gasteiger partial charge in [-0.2, -0.15) is 0 Å². The molecule has 3 N–H and O–H groups in total. The Morgan fingerprint density at radius 1 is 1.47 bits per heavy atom. The van der Waals surface area contributed by atoms with Gasteiger partial charge in [0.15, 0.2) is 0 Å². The lowest BCUT2D eigenvalue weighted by molar-refractivity contribution is -0.125. The van der Waals surface area contributed by atoms with Gasteiger partial charge in [0.25, 0.3) is 0 Å². The third kappa shape index (κ3) is 2.20. The third-order valence-electron chi connectivity index (χ3n) is 3.78. The number of imidazole rings is 1. The summed E-state index contributed by atoms with van der Waals surface area (Å²) in [4.78, 5) is 16.0. The molecule has 2 rings (SSSR count). The van der Waals surface area contributed by atoms with Gasteiger partial charge in [0.05, 0.1) is 17.9 Å². The molecule has 5 heteroatoms. The van der Waals surface area contributed by atoms with Crippen molar-refractivity contribution >= 4 is 5.91 Å². The number of rotatable bonds is 3. The highest BCUT2D eigenvalue weighted by Gasteiger charge is 2.25. The van der Waals surface area contributed by atoms with Crippen LogP contribution in [0.1, 0.15) is 44.1 Å². The maximum Gasteiger partial charge on any atom is 0.238 e. The molecule has 0 aromatic carbocycles. The van der Waals surface area contributed by atoms with Crippen molar-refractivity contribution in [3.05, 3.63) is 17.7 Å². The second kappa shape index (κ2) is 4.87. The SMILES string of the molecule is CC(C(=O)NN)C(C)n1cnc2c1CCCC2. The van der Waals surface area contributed by atoms with E-state index in [1.165, 1.54) is 24.2 Å². The molecule has 0 radical (unpaired) electrons. The fourth-order valence-electron chi connectivity index (χ4n) is 2.43. The van der Waals surface area contributed by atoms with Crippen molar-refractivity contribution in [1.29, 1.82) is 0 Å². The standard InChI is InChI=1S/C12H20N4O/c1-8(12(17)15-13)9(2)16-7-14-10-5-3-4-6-11(10)16/h7-9H,3-6,13H2,1-2H3,(H,15,17). The molecule has 2 unspecified atom stereocenters. The molecule has 17 heavy (non-hydrogen) atoms. The maximum atomic E-state index is 11.5. The Morgan fingerprint density at radius 3 is 2.88 bits per heavy atom. The molecule has 2 atom stereocenters. The highest BCUT2D eigenvalue weighted by Crippen LogP contribution is 2.26. The van der Waals surface area contributed by atoms with Crippen LogP contribution in [-0.4, -0.2) is 15.5 Å². The number of carbonyl (C=O) groups is 1. The van der Waals surface area contributed by atoms with Gasteiger partial charge in [-0.25, -0.2) is 10.8 Å². The Kier molecular flexibility index (Phi) is 3.47. The Bertz CT molecular complexity index is 413. The van der Waals surface area contributed by atoms with E-state index in [9.17, 15) is 4.79 Å². The molecule has 1 aromatic rings. The first-order valence-corrected chi connectivity index (χ1v) is 6.20. The fraction of sp³-hybridized carbons (Fsp3) is 0.667. The van der Waals surface area contributed by atoms with Crippen LogP contribution in [0.2, 0.25) is 0 Å². The van der Waals surface area contributed by atoms with Gasteiger partial charge in [-0.15, -0.1) is 0 Å². The first-order valence-electron chi connectivity index (χ1n) is 6.20. The van der Waals surface area contributed by atoms with Gasteiger partial charge in [-0.05, 0) is 32.6 Å². The Morgan fingerprint density at radius 2 is 2.18 bits per heavy atom. The van der Waals surface area contributed by atoms with Crippen LogP contribution in [0, 0.1) is 5.92 Å². The summed E-state index contributed by atoms with van der Waals surface area (Å²) in [6, 6.07) is 0.0906. The lowest BCUT2D eigenvalue weighted by Crippen LogP contribution is -2.38. The topological polar surface area (TPSA) is 72.9 Å². The number of aromatic nitrogens is 2. The zero-order chi connectivity index (χ0) is 12.4. The predicted octanol–water partition coefficient (Wildman–Crippen LogP) is 0.949. The van der Waals surface area contributed by atoms with Crippen LogP contribution in [-0.2, 0) is 17.6 Å². The van der Waals surface area contributed by atoms with Crippen LogP contribution >= 0.6 is 0 Å². The number of hydrogen-bond acceptors (Lipinski definition) is 3. The van der Waals surface area contributed by atoms with E-state index in [1.807, 2.05) is 20.2 Å². The normalized spacial score (nSPS) is 18.3. The second-order valence-electron chi connectivity index (χ2n) is 4.79. The van der Waals surface area contributed by atoms with E-state index in [2.05, 4.69) is 15.0 Å². The zero-order valence-corrected chi connectivity index (χ0v) is 10.4. The van der Waals surface area contributed by atoms with Gasteiger partial charge in [-0.1, -0.05) is 6.92 Å². The summed E-state index contributed by atoms with van der Waals surface area (Å²) in [6.45, 7) is 3.93. The lowest BCUT2D eigenvalue weighted by atomic mass is 9.98. The number of nitrogens with one attached hydrogen (secondary N) is 1. The molecule has 1 aromatic heterocycles. The number of aryl methyl sites for hydroxylation is 1. The van der Waals surface area contributed by atoms with Gasteiger partial charge in [0.2, 0.25) is 5.91 Å². The van der Waals surface area contributed by atoms with E-state index in [1.54, 1.807) is 0 Å². The molecule has 0 aliphatic heterocycles.